The summed E-state index contributed by atoms with van der Waals surface area (Å²) in [5.74, 6) is 0.760. The van der Waals surface area contributed by atoms with Gasteiger partial charge in [-0.1, -0.05) is 42.5 Å². The van der Waals surface area contributed by atoms with Crippen molar-refractivity contribution < 1.29 is 9.21 Å². The zero-order valence-electron chi connectivity index (χ0n) is 11.9. The number of benzene rings is 2. The molecule has 3 nitrogen and oxygen atoms in total. The van der Waals surface area contributed by atoms with Crippen molar-refractivity contribution in [2.45, 2.75) is 19.4 Å². The molecule has 3 heteroatoms. The number of nitrogens with one attached hydrogen (secondary N) is 1. The van der Waals surface area contributed by atoms with Crippen molar-refractivity contribution in [3.05, 3.63) is 72.2 Å². The number of carbonyl (C=O) groups is 1. The first-order chi connectivity index (χ1) is 10.2. The van der Waals surface area contributed by atoms with E-state index in [0.717, 1.165) is 16.7 Å². The molecule has 2 aromatic carbocycles. The highest BCUT2D eigenvalue weighted by molar-refractivity contribution is 5.85. The van der Waals surface area contributed by atoms with Gasteiger partial charge in [-0.25, -0.2) is 0 Å². The van der Waals surface area contributed by atoms with Gasteiger partial charge in [0, 0.05) is 0 Å². The van der Waals surface area contributed by atoms with E-state index >= 15 is 0 Å². The molecule has 3 aromatic rings. The van der Waals surface area contributed by atoms with E-state index < -0.39 is 0 Å². The molecular formula is C18H17NO2. The van der Waals surface area contributed by atoms with Crippen LogP contribution in [0.1, 0.15) is 24.3 Å². The highest BCUT2D eigenvalue weighted by Gasteiger charge is 2.12. The van der Waals surface area contributed by atoms with E-state index in [0.29, 0.717) is 6.42 Å². The van der Waals surface area contributed by atoms with Gasteiger partial charge in [-0.3, -0.25) is 4.79 Å². The van der Waals surface area contributed by atoms with Gasteiger partial charge in [-0.2, -0.15) is 0 Å². The van der Waals surface area contributed by atoms with E-state index in [1.165, 1.54) is 5.39 Å². The van der Waals surface area contributed by atoms with E-state index in [1.54, 1.807) is 6.26 Å². The average Bonchev–Trinajstić information content (AvgIpc) is 3.01. The van der Waals surface area contributed by atoms with Crippen LogP contribution in [0.15, 0.2) is 65.3 Å². The fourth-order valence-electron chi connectivity index (χ4n) is 2.44. The van der Waals surface area contributed by atoms with Crippen LogP contribution < -0.4 is 5.32 Å². The second kappa shape index (κ2) is 5.83. The van der Waals surface area contributed by atoms with Crippen LogP contribution in [0.3, 0.4) is 0 Å². The van der Waals surface area contributed by atoms with Crippen molar-refractivity contribution >= 4 is 16.7 Å². The molecule has 0 aliphatic carbocycles. The van der Waals surface area contributed by atoms with Crippen LogP contribution in [0.2, 0.25) is 0 Å². The summed E-state index contributed by atoms with van der Waals surface area (Å²) in [4.78, 5) is 12.1. The first kappa shape index (κ1) is 13.4. The van der Waals surface area contributed by atoms with Crippen molar-refractivity contribution in [2.75, 3.05) is 0 Å². The van der Waals surface area contributed by atoms with Crippen molar-refractivity contribution in [3.63, 3.8) is 0 Å². The van der Waals surface area contributed by atoms with Crippen LogP contribution in [0, 0.1) is 0 Å². The fourth-order valence-corrected chi connectivity index (χ4v) is 2.44. The van der Waals surface area contributed by atoms with E-state index in [2.05, 4.69) is 23.5 Å². The fraction of sp³-hybridized carbons (Fsp3) is 0.167. The number of hydrogen-bond donors (Lipinski definition) is 1. The number of amides is 1. The summed E-state index contributed by atoms with van der Waals surface area (Å²) in [6, 6.07) is 17.8. The predicted molar refractivity (Wildman–Crippen MR) is 82.9 cm³/mol. The highest BCUT2D eigenvalue weighted by Crippen LogP contribution is 2.17. The second-order valence-corrected chi connectivity index (χ2v) is 5.16. The molecule has 0 saturated heterocycles. The molecule has 1 heterocycles. The Morgan fingerprint density at radius 2 is 1.90 bits per heavy atom. The quantitative estimate of drug-likeness (QED) is 0.788. The van der Waals surface area contributed by atoms with Crippen molar-refractivity contribution in [1.82, 2.24) is 5.32 Å². The van der Waals surface area contributed by atoms with E-state index in [-0.39, 0.29) is 11.9 Å². The van der Waals surface area contributed by atoms with Crippen LogP contribution in [0.5, 0.6) is 0 Å². The third-order valence-corrected chi connectivity index (χ3v) is 3.53. The highest BCUT2D eigenvalue weighted by atomic mass is 16.3. The zero-order valence-corrected chi connectivity index (χ0v) is 11.9. The number of carbonyl (C=O) groups excluding carboxylic acids is 1. The van der Waals surface area contributed by atoms with Gasteiger partial charge in [-0.15, -0.1) is 0 Å². The molecule has 0 spiro atoms. The van der Waals surface area contributed by atoms with E-state index in [4.69, 9.17) is 4.42 Å². The molecule has 0 aliphatic rings. The van der Waals surface area contributed by atoms with E-state index in [9.17, 15) is 4.79 Å². The number of fused-ring (bicyclic) bond motifs is 1. The van der Waals surface area contributed by atoms with Gasteiger partial charge in [0.2, 0.25) is 5.91 Å². The monoisotopic (exact) mass is 279 g/mol. The third-order valence-electron chi connectivity index (χ3n) is 3.53. The smallest absolute Gasteiger partial charge is 0.224 e. The average molecular weight is 279 g/mol. The molecule has 0 saturated carbocycles. The minimum Gasteiger partial charge on any atom is -0.467 e. The first-order valence-electron chi connectivity index (χ1n) is 7.03. The van der Waals surface area contributed by atoms with Gasteiger partial charge >= 0.3 is 0 Å². The molecule has 1 aromatic heterocycles. The third kappa shape index (κ3) is 3.14. The van der Waals surface area contributed by atoms with Crippen LogP contribution in [0.4, 0.5) is 0 Å². The standard InChI is InChI=1S/C18H17NO2/c1-13(17-7-4-10-21-17)19-18(20)12-14-8-9-15-5-2-3-6-16(15)11-14/h2-11,13H,12H2,1H3,(H,19,20). The summed E-state index contributed by atoms with van der Waals surface area (Å²) in [6.07, 6.45) is 1.98. The van der Waals surface area contributed by atoms with Crippen LogP contribution in [-0.2, 0) is 11.2 Å². The molecule has 1 amide bonds. The minimum atomic E-state index is -0.118. The summed E-state index contributed by atoms with van der Waals surface area (Å²) in [5.41, 5.74) is 1.01. The Morgan fingerprint density at radius 3 is 2.67 bits per heavy atom. The maximum atomic E-state index is 12.1. The molecule has 0 radical (unpaired) electrons. The molecule has 0 bridgehead atoms. The van der Waals surface area contributed by atoms with Crippen molar-refractivity contribution in [2.24, 2.45) is 0 Å². The minimum absolute atomic E-state index is 0.00539. The van der Waals surface area contributed by atoms with Crippen LogP contribution >= 0.6 is 0 Å². The molecule has 1 unspecified atom stereocenters. The zero-order chi connectivity index (χ0) is 14.7. The van der Waals surface area contributed by atoms with Crippen LogP contribution in [-0.4, -0.2) is 5.91 Å². The second-order valence-electron chi connectivity index (χ2n) is 5.16. The normalized spacial score (nSPS) is 12.2. The summed E-state index contributed by atoms with van der Waals surface area (Å²) in [5, 5.41) is 5.29. The lowest BCUT2D eigenvalue weighted by molar-refractivity contribution is -0.121. The summed E-state index contributed by atoms with van der Waals surface area (Å²) >= 11 is 0. The summed E-state index contributed by atoms with van der Waals surface area (Å²) < 4.78 is 5.29. The number of rotatable bonds is 4. The lowest BCUT2D eigenvalue weighted by atomic mass is 10.0. The Labute approximate surface area is 123 Å². The Kier molecular flexibility index (Phi) is 3.73. The summed E-state index contributed by atoms with van der Waals surface area (Å²) in [7, 11) is 0. The largest absolute Gasteiger partial charge is 0.467 e. The molecule has 0 fully saturated rings. The molecular weight excluding hydrogens is 262 g/mol. The van der Waals surface area contributed by atoms with Crippen molar-refractivity contribution in [3.8, 4) is 0 Å². The number of furan rings is 1. The van der Waals surface area contributed by atoms with Gasteiger partial charge in [0.05, 0.1) is 18.7 Å². The van der Waals surface area contributed by atoms with Crippen LogP contribution in [0.25, 0.3) is 10.8 Å². The molecule has 0 aliphatic heterocycles. The predicted octanol–water partition coefficient (Wildman–Crippen LogP) is 3.85. The Hall–Kier alpha value is -2.55. The van der Waals surface area contributed by atoms with Gasteiger partial charge in [-0.05, 0) is 35.4 Å². The Morgan fingerprint density at radius 1 is 1.10 bits per heavy atom. The lowest BCUT2D eigenvalue weighted by Gasteiger charge is -2.11. The van der Waals surface area contributed by atoms with Gasteiger partial charge < -0.3 is 9.73 Å². The molecule has 21 heavy (non-hydrogen) atoms. The number of hydrogen-bond acceptors (Lipinski definition) is 2. The first-order valence-corrected chi connectivity index (χ1v) is 7.03. The Bertz CT molecular complexity index is 747. The lowest BCUT2D eigenvalue weighted by Crippen LogP contribution is -2.27. The molecule has 106 valence electrons. The van der Waals surface area contributed by atoms with Gasteiger partial charge in [0.1, 0.15) is 5.76 Å². The van der Waals surface area contributed by atoms with Gasteiger partial charge in [0.25, 0.3) is 0 Å². The van der Waals surface area contributed by atoms with E-state index in [1.807, 2.05) is 43.3 Å². The topological polar surface area (TPSA) is 42.2 Å². The summed E-state index contributed by atoms with van der Waals surface area (Å²) in [6.45, 7) is 1.91. The Balaban J connectivity index is 1.68. The molecule has 3 rings (SSSR count). The maximum Gasteiger partial charge on any atom is 0.224 e. The van der Waals surface area contributed by atoms with Gasteiger partial charge in [0.15, 0.2) is 0 Å². The molecule has 1 N–H and O–H groups in total. The maximum absolute atomic E-state index is 12.1. The molecule has 1 atom stereocenters. The SMILES string of the molecule is CC(NC(=O)Cc1ccc2ccccc2c1)c1ccco1. The van der Waals surface area contributed by atoms with Crippen molar-refractivity contribution in [1.29, 1.82) is 0 Å².